The third-order valence-electron chi connectivity index (χ3n) is 5.11. The molecule has 7 heteroatoms. The second kappa shape index (κ2) is 9.30. The molecule has 2 aromatic rings. The van der Waals surface area contributed by atoms with E-state index in [0.29, 0.717) is 12.4 Å². The molecular weight excluding hydrogens is 392 g/mol. The van der Waals surface area contributed by atoms with Gasteiger partial charge < -0.3 is 4.74 Å². The molecule has 3 rings (SSSR count). The third-order valence-corrected chi connectivity index (χ3v) is 6.68. The van der Waals surface area contributed by atoms with Gasteiger partial charge in [-0.15, -0.1) is 11.8 Å². The van der Waals surface area contributed by atoms with Crippen LogP contribution in [-0.4, -0.2) is 27.0 Å². The number of allylic oxidation sites excluding steroid dienone is 1. The lowest BCUT2D eigenvalue weighted by molar-refractivity contribution is -0.384. The van der Waals surface area contributed by atoms with Crippen LogP contribution in [0, 0.1) is 10.1 Å². The summed E-state index contributed by atoms with van der Waals surface area (Å²) in [6.45, 7) is 0.395. The van der Waals surface area contributed by atoms with Gasteiger partial charge in [0.2, 0.25) is 0 Å². The third kappa shape index (κ3) is 4.25. The molecule has 1 aliphatic carbocycles. The van der Waals surface area contributed by atoms with Gasteiger partial charge >= 0.3 is 0 Å². The first kappa shape index (κ1) is 20.5. The number of aromatic nitrogens is 1. The van der Waals surface area contributed by atoms with Crippen LogP contribution in [0.5, 0.6) is 5.75 Å². The van der Waals surface area contributed by atoms with E-state index in [-0.39, 0.29) is 11.1 Å². The molecule has 0 bridgehead atoms. The highest BCUT2D eigenvalue weighted by Gasteiger charge is 2.41. The summed E-state index contributed by atoms with van der Waals surface area (Å²) in [5.41, 5.74) is 2.17. The summed E-state index contributed by atoms with van der Waals surface area (Å²) in [4.78, 5) is 14.7. The van der Waals surface area contributed by atoms with E-state index in [1.165, 1.54) is 17.7 Å². The van der Waals surface area contributed by atoms with Crippen LogP contribution in [0.3, 0.4) is 0 Å². The molecule has 1 aromatic carbocycles. The second-order valence-corrected chi connectivity index (χ2v) is 8.12. The van der Waals surface area contributed by atoms with Crippen LogP contribution in [-0.2, 0) is 5.41 Å². The van der Waals surface area contributed by atoms with E-state index < -0.39 is 4.92 Å². The molecule has 1 unspecified atom stereocenters. The Morgan fingerprint density at radius 2 is 2.14 bits per heavy atom. The van der Waals surface area contributed by atoms with Gasteiger partial charge in [-0.2, -0.15) is 0 Å². The van der Waals surface area contributed by atoms with Gasteiger partial charge in [0.05, 0.1) is 14.5 Å². The summed E-state index contributed by atoms with van der Waals surface area (Å²) in [5.74, 6) is 0.609. The molecule has 28 heavy (non-hydrogen) atoms. The van der Waals surface area contributed by atoms with E-state index in [4.69, 9.17) is 17.0 Å². The minimum Gasteiger partial charge on any atom is -0.490 e. The maximum absolute atomic E-state index is 10.8. The number of thioether (sulfide) groups is 1. The van der Waals surface area contributed by atoms with Gasteiger partial charge in [-0.25, -0.2) is 0 Å². The fourth-order valence-corrected chi connectivity index (χ4v) is 4.78. The first-order valence-electron chi connectivity index (χ1n) is 9.13. The van der Waals surface area contributed by atoms with Crippen molar-refractivity contribution in [3.63, 3.8) is 0 Å². The van der Waals surface area contributed by atoms with E-state index in [1.807, 2.05) is 18.5 Å². The van der Waals surface area contributed by atoms with Gasteiger partial charge in [-0.05, 0) is 55.4 Å². The number of nitro benzene ring substituents is 1. The minimum absolute atomic E-state index is 0.0545. The highest BCUT2D eigenvalue weighted by Crippen LogP contribution is 2.46. The zero-order chi connectivity index (χ0) is 20.0. The molecule has 1 aliphatic rings. The Morgan fingerprint density at radius 1 is 1.36 bits per heavy atom. The Labute approximate surface area is 174 Å². The number of nitro groups is 1. The molecule has 0 saturated heterocycles. The lowest BCUT2D eigenvalue weighted by Gasteiger charge is -2.40. The Bertz CT molecular complexity index is 869. The second-order valence-electron chi connectivity index (χ2n) is 6.64. The summed E-state index contributed by atoms with van der Waals surface area (Å²) < 4.78 is 6.78. The van der Waals surface area contributed by atoms with Crippen LogP contribution < -0.4 is 4.74 Å². The van der Waals surface area contributed by atoms with Gasteiger partial charge in [-0.1, -0.05) is 30.3 Å². The molecule has 1 heterocycles. The average molecular weight is 415 g/mol. The molecule has 1 saturated carbocycles. The smallest absolute Gasteiger partial charge is 0.269 e. The summed E-state index contributed by atoms with van der Waals surface area (Å²) in [6.07, 6.45) is 12.0. The Kier molecular flexibility index (Phi) is 6.80. The SMILES string of the molecule is CSC(=S)C1(c2cccnc2)CCCC/C1=C\COc1ccc([N+](=O)[O-])cc1. The van der Waals surface area contributed by atoms with Gasteiger partial charge in [0.1, 0.15) is 12.4 Å². The summed E-state index contributed by atoms with van der Waals surface area (Å²) >= 11 is 7.44. The van der Waals surface area contributed by atoms with Crippen molar-refractivity contribution in [1.82, 2.24) is 4.98 Å². The van der Waals surface area contributed by atoms with Crippen LogP contribution >= 0.6 is 24.0 Å². The number of pyridine rings is 1. The number of hydrogen-bond donors (Lipinski definition) is 0. The van der Waals surface area contributed by atoms with Crippen molar-refractivity contribution in [2.75, 3.05) is 12.9 Å². The molecule has 5 nitrogen and oxygen atoms in total. The van der Waals surface area contributed by atoms with Crippen LogP contribution in [0.25, 0.3) is 0 Å². The van der Waals surface area contributed by atoms with Crippen LogP contribution in [0.1, 0.15) is 31.2 Å². The van der Waals surface area contributed by atoms with Crippen LogP contribution in [0.15, 0.2) is 60.4 Å². The van der Waals surface area contributed by atoms with Crippen molar-refractivity contribution in [2.45, 2.75) is 31.1 Å². The molecule has 0 N–H and O–H groups in total. The van der Waals surface area contributed by atoms with Crippen LogP contribution in [0.4, 0.5) is 5.69 Å². The van der Waals surface area contributed by atoms with Crippen LogP contribution in [0.2, 0.25) is 0 Å². The maximum atomic E-state index is 10.8. The average Bonchev–Trinajstić information content (AvgIpc) is 2.74. The van der Waals surface area contributed by atoms with Gasteiger partial charge in [0.15, 0.2) is 0 Å². The minimum atomic E-state index is -0.417. The molecule has 0 radical (unpaired) electrons. The predicted molar refractivity (Wildman–Crippen MR) is 117 cm³/mol. The normalized spacial score (nSPS) is 20.7. The molecular formula is C21H22N2O3S2. The van der Waals surface area contributed by atoms with Gasteiger partial charge in [0, 0.05) is 24.5 Å². The highest BCUT2D eigenvalue weighted by atomic mass is 32.2. The highest BCUT2D eigenvalue weighted by molar-refractivity contribution is 8.22. The standard InChI is InChI=1S/C21H22N2O3S2/c1-28-20(27)21(17-6-4-13-22-15-17)12-3-2-5-16(21)11-14-26-19-9-7-18(8-10-19)23(24)25/h4,6-11,13,15H,2-3,5,12,14H2,1H3/b16-11+. The number of hydrogen-bond acceptors (Lipinski definition) is 6. The molecule has 146 valence electrons. The quantitative estimate of drug-likeness (QED) is 0.269. The fraction of sp³-hybridized carbons (Fsp3) is 0.333. The Hall–Kier alpha value is -2.25. The van der Waals surface area contributed by atoms with E-state index in [1.54, 1.807) is 30.1 Å². The zero-order valence-corrected chi connectivity index (χ0v) is 17.3. The van der Waals surface area contributed by atoms with Gasteiger partial charge in [0.25, 0.3) is 5.69 Å². The van der Waals surface area contributed by atoms with E-state index in [0.717, 1.165) is 35.4 Å². The van der Waals surface area contributed by atoms with Crippen molar-refractivity contribution in [1.29, 1.82) is 0 Å². The Balaban J connectivity index is 1.84. The topological polar surface area (TPSA) is 65.3 Å². The first-order chi connectivity index (χ1) is 13.6. The van der Waals surface area contributed by atoms with Crippen molar-refractivity contribution < 1.29 is 9.66 Å². The number of thiocarbonyl (C=S) groups is 1. The molecule has 0 spiro atoms. The predicted octanol–water partition coefficient (Wildman–Crippen LogP) is 5.50. The number of rotatable bonds is 6. The Morgan fingerprint density at radius 3 is 2.79 bits per heavy atom. The maximum Gasteiger partial charge on any atom is 0.269 e. The molecule has 1 aromatic heterocycles. The molecule has 1 fully saturated rings. The first-order valence-corrected chi connectivity index (χ1v) is 10.8. The lowest BCUT2D eigenvalue weighted by Crippen LogP contribution is -2.38. The van der Waals surface area contributed by atoms with E-state index in [2.05, 4.69) is 17.1 Å². The zero-order valence-electron chi connectivity index (χ0n) is 15.7. The molecule has 0 aliphatic heterocycles. The lowest BCUT2D eigenvalue weighted by atomic mass is 9.67. The van der Waals surface area contributed by atoms with Crippen molar-refractivity contribution >= 4 is 33.9 Å². The summed E-state index contributed by atoms with van der Waals surface area (Å²) in [6, 6.07) is 10.2. The molecule has 1 atom stereocenters. The monoisotopic (exact) mass is 414 g/mol. The van der Waals surface area contributed by atoms with E-state index in [9.17, 15) is 10.1 Å². The van der Waals surface area contributed by atoms with Crippen molar-refractivity contribution in [2.24, 2.45) is 0 Å². The van der Waals surface area contributed by atoms with Gasteiger partial charge in [-0.3, -0.25) is 15.1 Å². The van der Waals surface area contributed by atoms with E-state index >= 15 is 0 Å². The fourth-order valence-electron chi connectivity index (χ4n) is 3.73. The number of benzene rings is 1. The molecule has 0 amide bonds. The summed E-state index contributed by atoms with van der Waals surface area (Å²) in [7, 11) is 0. The summed E-state index contributed by atoms with van der Waals surface area (Å²) in [5, 5.41) is 10.8. The largest absolute Gasteiger partial charge is 0.490 e. The number of ether oxygens (including phenoxy) is 1. The number of non-ortho nitro benzene ring substituents is 1. The van der Waals surface area contributed by atoms with Crippen molar-refractivity contribution in [3.05, 3.63) is 76.1 Å². The number of nitrogens with zero attached hydrogens (tertiary/aromatic N) is 2. The van der Waals surface area contributed by atoms with Crippen molar-refractivity contribution in [3.8, 4) is 5.75 Å².